The molecule has 35 heavy (non-hydrogen) atoms. The average molecular weight is 480 g/mol. The van der Waals surface area contributed by atoms with Gasteiger partial charge in [0.1, 0.15) is 5.82 Å². The Morgan fingerprint density at radius 3 is 2.66 bits per heavy atom. The average Bonchev–Trinajstić information content (AvgIpc) is 3.35. The molecule has 1 fully saturated rings. The molecular weight excluding hydrogens is 458 g/mol. The van der Waals surface area contributed by atoms with Crippen molar-refractivity contribution in [2.75, 3.05) is 25.6 Å². The second-order valence-electron chi connectivity index (χ2n) is 8.60. The summed E-state index contributed by atoms with van der Waals surface area (Å²) in [5.74, 6) is -1.39. The Morgan fingerprint density at radius 2 is 2.00 bits per heavy atom. The summed E-state index contributed by atoms with van der Waals surface area (Å²) >= 11 is 0. The van der Waals surface area contributed by atoms with Crippen molar-refractivity contribution in [2.24, 2.45) is 0 Å². The molecule has 3 N–H and O–H groups in total. The van der Waals surface area contributed by atoms with Crippen molar-refractivity contribution in [3.05, 3.63) is 77.2 Å². The Balaban J connectivity index is 1.46. The third kappa shape index (κ3) is 4.50. The van der Waals surface area contributed by atoms with Crippen LogP contribution in [0.15, 0.2) is 48.9 Å². The molecule has 180 valence electrons. The van der Waals surface area contributed by atoms with Gasteiger partial charge in [-0.1, -0.05) is 6.07 Å². The minimum atomic E-state index is -0.749. The Morgan fingerprint density at radius 1 is 1.17 bits per heavy atom. The molecule has 1 amide bonds. The van der Waals surface area contributed by atoms with Crippen molar-refractivity contribution in [1.82, 2.24) is 25.5 Å². The van der Waals surface area contributed by atoms with Crippen molar-refractivity contribution in [2.45, 2.75) is 18.5 Å². The Labute approximate surface area is 198 Å². The van der Waals surface area contributed by atoms with Crippen LogP contribution in [0.4, 0.5) is 14.7 Å². The number of fused-ring (bicyclic) bond motifs is 1. The van der Waals surface area contributed by atoms with Gasteiger partial charge in [-0.25, -0.2) is 18.7 Å². The summed E-state index contributed by atoms with van der Waals surface area (Å²) in [6.45, 7) is 2.98. The standard InChI is InChI=1S/C24H22F2N6O3/c1-24(11-35-12-24)32-23-27-10-16-17(25)6-14(7-19(16)30-23)22(33)31-21(15-8-28-29-9-15)13-3-4-20(34-2)18(26)5-13/h3-10,21H,11-12H2,1-2H3,(H,28,29)(H,31,33)(H,27,30,32)/t21-/m0/s1. The monoisotopic (exact) mass is 480 g/mol. The smallest absolute Gasteiger partial charge is 0.252 e. The third-order valence-corrected chi connectivity index (χ3v) is 5.80. The first-order chi connectivity index (χ1) is 16.8. The summed E-state index contributed by atoms with van der Waals surface area (Å²) in [4.78, 5) is 21.8. The van der Waals surface area contributed by atoms with Crippen LogP contribution in [0.2, 0.25) is 0 Å². The predicted molar refractivity (Wildman–Crippen MR) is 123 cm³/mol. The highest BCUT2D eigenvalue weighted by Crippen LogP contribution is 2.28. The van der Waals surface area contributed by atoms with Crippen molar-refractivity contribution in [1.29, 1.82) is 0 Å². The van der Waals surface area contributed by atoms with Crippen molar-refractivity contribution >= 4 is 22.8 Å². The number of benzene rings is 2. The summed E-state index contributed by atoms with van der Waals surface area (Å²) in [7, 11) is 1.37. The van der Waals surface area contributed by atoms with Gasteiger partial charge in [0.25, 0.3) is 5.91 Å². The topological polar surface area (TPSA) is 114 Å². The second kappa shape index (κ2) is 8.91. The number of carbonyl (C=O) groups excluding carboxylic acids is 1. The highest BCUT2D eigenvalue weighted by molar-refractivity contribution is 5.98. The lowest BCUT2D eigenvalue weighted by Gasteiger charge is -2.38. The predicted octanol–water partition coefficient (Wildman–Crippen LogP) is 3.36. The molecule has 1 aliphatic heterocycles. The SMILES string of the molecule is COc1ccc([C@H](NC(=O)c2cc(F)c3cnc(NC4(C)COC4)nc3c2)c2cn[nH]c2)cc1F. The lowest BCUT2D eigenvalue weighted by Crippen LogP contribution is -2.53. The molecule has 11 heteroatoms. The Bertz CT molecular complexity index is 1390. The molecule has 4 aromatic rings. The molecular formula is C24H22F2N6O3. The summed E-state index contributed by atoms with van der Waals surface area (Å²) in [6.07, 6.45) is 4.48. The van der Waals surface area contributed by atoms with E-state index in [0.717, 1.165) is 6.07 Å². The number of halogens is 2. The first kappa shape index (κ1) is 22.7. The number of aromatic nitrogens is 4. The highest BCUT2D eigenvalue weighted by Gasteiger charge is 2.34. The maximum absolute atomic E-state index is 14.8. The maximum atomic E-state index is 14.8. The summed E-state index contributed by atoms with van der Waals surface area (Å²) in [6, 6.07) is 6.24. The molecule has 0 bridgehead atoms. The molecule has 0 saturated carbocycles. The van der Waals surface area contributed by atoms with Crippen molar-refractivity contribution in [3.8, 4) is 5.75 Å². The van der Waals surface area contributed by atoms with Crippen molar-refractivity contribution in [3.63, 3.8) is 0 Å². The van der Waals surface area contributed by atoms with Crippen LogP contribution >= 0.6 is 0 Å². The fourth-order valence-electron chi connectivity index (χ4n) is 3.89. The van der Waals surface area contributed by atoms with Gasteiger partial charge >= 0.3 is 0 Å². The van der Waals surface area contributed by atoms with E-state index < -0.39 is 23.6 Å². The lowest BCUT2D eigenvalue weighted by molar-refractivity contribution is -0.0322. The van der Waals surface area contributed by atoms with Crippen LogP contribution in [-0.4, -0.2) is 51.9 Å². The molecule has 2 aromatic carbocycles. The van der Waals surface area contributed by atoms with Gasteiger partial charge in [0.15, 0.2) is 11.6 Å². The number of aromatic amines is 1. The molecule has 0 unspecified atom stereocenters. The largest absolute Gasteiger partial charge is 0.494 e. The number of carbonyl (C=O) groups is 1. The molecule has 1 saturated heterocycles. The molecule has 2 aromatic heterocycles. The number of H-pyrrole nitrogens is 1. The molecule has 3 heterocycles. The fourth-order valence-corrected chi connectivity index (χ4v) is 3.89. The van der Waals surface area contributed by atoms with Gasteiger partial charge in [-0.05, 0) is 36.8 Å². The molecule has 1 atom stereocenters. The Kier molecular flexibility index (Phi) is 5.77. The molecule has 0 spiro atoms. The molecule has 0 radical (unpaired) electrons. The summed E-state index contributed by atoms with van der Waals surface area (Å²) in [5, 5.41) is 12.8. The quantitative estimate of drug-likeness (QED) is 0.372. The number of nitrogens with zero attached hydrogens (tertiary/aromatic N) is 3. The maximum Gasteiger partial charge on any atom is 0.252 e. The van der Waals surface area contributed by atoms with E-state index in [4.69, 9.17) is 9.47 Å². The molecule has 5 rings (SSSR count). The zero-order valence-electron chi connectivity index (χ0n) is 18.9. The van der Waals surface area contributed by atoms with Crippen molar-refractivity contribution < 1.29 is 23.0 Å². The number of hydrogen-bond donors (Lipinski definition) is 3. The van der Waals surface area contributed by atoms with E-state index in [1.165, 1.54) is 37.7 Å². The number of hydrogen-bond acceptors (Lipinski definition) is 7. The first-order valence-electron chi connectivity index (χ1n) is 10.8. The fraction of sp³-hybridized carbons (Fsp3) is 0.250. The number of anilines is 1. The molecule has 9 nitrogen and oxygen atoms in total. The van der Waals surface area contributed by atoms with Gasteiger partial charge in [0.2, 0.25) is 5.95 Å². The minimum absolute atomic E-state index is 0.0558. The van der Waals surface area contributed by atoms with Gasteiger partial charge in [-0.2, -0.15) is 5.10 Å². The van der Waals surface area contributed by atoms with E-state index in [1.54, 1.807) is 12.3 Å². The molecule has 0 aliphatic carbocycles. The van der Waals surface area contributed by atoms with E-state index in [-0.39, 0.29) is 27.8 Å². The summed E-state index contributed by atoms with van der Waals surface area (Å²) in [5.41, 5.74) is 1.08. The Hall–Kier alpha value is -4.12. The van der Waals surface area contributed by atoms with Crippen LogP contribution in [0.1, 0.15) is 34.5 Å². The van der Waals surface area contributed by atoms with E-state index >= 15 is 0 Å². The number of amides is 1. The minimum Gasteiger partial charge on any atom is -0.494 e. The van der Waals surface area contributed by atoms with Gasteiger partial charge in [0.05, 0.1) is 49.0 Å². The van der Waals surface area contributed by atoms with E-state index in [2.05, 4.69) is 30.8 Å². The van der Waals surface area contributed by atoms with Gasteiger partial charge in [-0.15, -0.1) is 0 Å². The van der Waals surface area contributed by atoms with E-state index in [0.29, 0.717) is 30.3 Å². The third-order valence-electron chi connectivity index (χ3n) is 5.80. The summed E-state index contributed by atoms with van der Waals surface area (Å²) < 4.78 is 39.4. The van der Waals surface area contributed by atoms with Crippen LogP contribution in [0, 0.1) is 11.6 Å². The van der Waals surface area contributed by atoms with Gasteiger partial charge in [0, 0.05) is 23.5 Å². The number of ether oxygens (including phenoxy) is 2. The first-order valence-corrected chi connectivity index (χ1v) is 10.8. The normalized spacial score (nSPS) is 15.3. The number of methoxy groups -OCH3 is 1. The zero-order chi connectivity index (χ0) is 24.6. The van der Waals surface area contributed by atoms with Gasteiger partial charge in [-0.3, -0.25) is 9.89 Å². The zero-order valence-corrected chi connectivity index (χ0v) is 18.9. The van der Waals surface area contributed by atoms with Crippen LogP contribution in [0.5, 0.6) is 5.75 Å². The van der Waals surface area contributed by atoms with Gasteiger partial charge < -0.3 is 20.1 Å². The second-order valence-corrected chi connectivity index (χ2v) is 8.60. The lowest BCUT2D eigenvalue weighted by atomic mass is 10.0. The van der Waals surface area contributed by atoms with Crippen LogP contribution < -0.4 is 15.4 Å². The van der Waals surface area contributed by atoms with E-state index in [1.807, 2.05) is 6.92 Å². The van der Waals surface area contributed by atoms with E-state index in [9.17, 15) is 13.6 Å². The number of nitrogens with one attached hydrogen (secondary N) is 3. The highest BCUT2D eigenvalue weighted by atomic mass is 19.1. The molecule has 1 aliphatic rings. The van der Waals surface area contributed by atoms with Crippen LogP contribution in [0.3, 0.4) is 0 Å². The number of rotatable bonds is 7. The van der Waals surface area contributed by atoms with Crippen LogP contribution in [-0.2, 0) is 4.74 Å². The van der Waals surface area contributed by atoms with Crippen LogP contribution in [0.25, 0.3) is 10.9 Å².